The Hall–Kier alpha value is -1.95. The molecular weight excluding hydrogens is 272 g/mol. The normalized spacial score (nSPS) is 11.9. The van der Waals surface area contributed by atoms with E-state index in [9.17, 15) is 4.79 Å². The number of hydrogen-bond donors (Lipinski definition) is 1. The molecule has 0 saturated carbocycles. The standard InChI is InChI=1S/C15H24N2O4/c1-6-17(10(2)9-19-3)15(18)11-7-13(20-4)14(21-5)8-12(11)16/h7-8,10H,6,9,16H2,1-5H3. The number of methoxy groups -OCH3 is 3. The molecule has 1 atom stereocenters. The van der Waals surface area contributed by atoms with E-state index in [2.05, 4.69) is 0 Å². The molecule has 0 heterocycles. The third-order valence-electron chi connectivity index (χ3n) is 3.33. The van der Waals surface area contributed by atoms with Crippen molar-refractivity contribution >= 4 is 11.6 Å². The minimum Gasteiger partial charge on any atom is -0.493 e. The highest BCUT2D eigenvalue weighted by molar-refractivity contribution is 6.00. The van der Waals surface area contributed by atoms with E-state index in [1.807, 2.05) is 13.8 Å². The van der Waals surface area contributed by atoms with Crippen molar-refractivity contribution in [2.45, 2.75) is 19.9 Å². The molecule has 1 aromatic rings. The molecule has 0 aromatic heterocycles. The summed E-state index contributed by atoms with van der Waals surface area (Å²) in [6.45, 7) is 4.88. The Morgan fingerprint density at radius 1 is 1.24 bits per heavy atom. The highest BCUT2D eigenvalue weighted by Crippen LogP contribution is 2.32. The zero-order chi connectivity index (χ0) is 16.0. The quantitative estimate of drug-likeness (QED) is 0.776. The van der Waals surface area contributed by atoms with Gasteiger partial charge in [-0.1, -0.05) is 0 Å². The van der Waals surface area contributed by atoms with E-state index in [1.54, 1.807) is 24.1 Å². The first kappa shape index (κ1) is 17.1. The highest BCUT2D eigenvalue weighted by Gasteiger charge is 2.23. The van der Waals surface area contributed by atoms with E-state index >= 15 is 0 Å². The van der Waals surface area contributed by atoms with Gasteiger partial charge in [0.25, 0.3) is 5.91 Å². The topological polar surface area (TPSA) is 74.0 Å². The lowest BCUT2D eigenvalue weighted by molar-refractivity contribution is 0.0580. The fourth-order valence-corrected chi connectivity index (χ4v) is 2.22. The Balaban J connectivity index is 3.16. The number of amides is 1. The highest BCUT2D eigenvalue weighted by atomic mass is 16.5. The van der Waals surface area contributed by atoms with E-state index in [1.165, 1.54) is 14.2 Å². The van der Waals surface area contributed by atoms with E-state index in [-0.39, 0.29) is 11.9 Å². The number of carbonyl (C=O) groups is 1. The summed E-state index contributed by atoms with van der Waals surface area (Å²) >= 11 is 0. The molecular formula is C15H24N2O4. The number of nitrogens with zero attached hydrogens (tertiary/aromatic N) is 1. The van der Waals surface area contributed by atoms with Crippen LogP contribution in [0.4, 0.5) is 5.69 Å². The predicted molar refractivity (Wildman–Crippen MR) is 82.0 cm³/mol. The summed E-state index contributed by atoms with van der Waals surface area (Å²) in [5.74, 6) is 0.825. The second kappa shape index (κ2) is 7.73. The number of nitrogens with two attached hydrogens (primary N) is 1. The maximum atomic E-state index is 12.7. The van der Waals surface area contributed by atoms with Gasteiger partial charge in [0.05, 0.1) is 32.4 Å². The number of ether oxygens (including phenoxy) is 3. The van der Waals surface area contributed by atoms with Gasteiger partial charge in [0.15, 0.2) is 11.5 Å². The van der Waals surface area contributed by atoms with E-state index in [0.29, 0.717) is 35.9 Å². The molecule has 1 aromatic carbocycles. The van der Waals surface area contributed by atoms with Crippen molar-refractivity contribution < 1.29 is 19.0 Å². The Morgan fingerprint density at radius 3 is 2.29 bits per heavy atom. The first-order chi connectivity index (χ1) is 9.99. The molecule has 118 valence electrons. The number of likely N-dealkylation sites (N-methyl/N-ethyl adjacent to an activating group) is 1. The molecule has 1 unspecified atom stereocenters. The first-order valence-corrected chi connectivity index (χ1v) is 6.81. The zero-order valence-corrected chi connectivity index (χ0v) is 13.3. The lowest BCUT2D eigenvalue weighted by atomic mass is 10.1. The average molecular weight is 296 g/mol. The van der Waals surface area contributed by atoms with Crippen LogP contribution >= 0.6 is 0 Å². The van der Waals surface area contributed by atoms with Gasteiger partial charge in [0, 0.05) is 25.4 Å². The van der Waals surface area contributed by atoms with Crippen LogP contribution in [-0.4, -0.2) is 51.3 Å². The molecule has 0 aliphatic heterocycles. The largest absolute Gasteiger partial charge is 0.493 e. The lowest BCUT2D eigenvalue weighted by Gasteiger charge is -2.28. The maximum Gasteiger partial charge on any atom is 0.256 e. The van der Waals surface area contributed by atoms with Crippen LogP contribution in [0.3, 0.4) is 0 Å². The van der Waals surface area contributed by atoms with Crippen molar-refractivity contribution in [2.75, 3.05) is 40.2 Å². The summed E-state index contributed by atoms with van der Waals surface area (Å²) in [7, 11) is 4.66. The van der Waals surface area contributed by atoms with Crippen molar-refractivity contribution in [2.24, 2.45) is 0 Å². The Morgan fingerprint density at radius 2 is 1.81 bits per heavy atom. The molecule has 21 heavy (non-hydrogen) atoms. The van der Waals surface area contributed by atoms with Gasteiger partial charge in [-0.3, -0.25) is 4.79 Å². The van der Waals surface area contributed by atoms with E-state index < -0.39 is 0 Å². The summed E-state index contributed by atoms with van der Waals surface area (Å²) in [6.07, 6.45) is 0. The maximum absolute atomic E-state index is 12.7. The van der Waals surface area contributed by atoms with Crippen LogP contribution in [0.1, 0.15) is 24.2 Å². The Labute approximate surface area is 125 Å². The van der Waals surface area contributed by atoms with E-state index in [0.717, 1.165) is 0 Å². The minimum atomic E-state index is -0.152. The van der Waals surface area contributed by atoms with Crippen molar-refractivity contribution in [1.29, 1.82) is 0 Å². The smallest absolute Gasteiger partial charge is 0.256 e. The van der Waals surface area contributed by atoms with Gasteiger partial charge in [-0.2, -0.15) is 0 Å². The summed E-state index contributed by atoms with van der Waals surface area (Å²) in [5.41, 5.74) is 6.74. The molecule has 0 radical (unpaired) electrons. The molecule has 0 spiro atoms. The lowest BCUT2D eigenvalue weighted by Crippen LogP contribution is -2.41. The van der Waals surface area contributed by atoms with Crippen LogP contribution in [0.2, 0.25) is 0 Å². The second-order valence-electron chi connectivity index (χ2n) is 4.69. The summed E-state index contributed by atoms with van der Waals surface area (Å²) in [6, 6.07) is 3.17. The summed E-state index contributed by atoms with van der Waals surface area (Å²) < 4.78 is 15.5. The number of rotatable bonds is 7. The van der Waals surface area contributed by atoms with Gasteiger partial charge in [-0.05, 0) is 19.9 Å². The van der Waals surface area contributed by atoms with Gasteiger partial charge < -0.3 is 24.8 Å². The third-order valence-corrected chi connectivity index (χ3v) is 3.33. The zero-order valence-electron chi connectivity index (χ0n) is 13.3. The molecule has 6 heteroatoms. The van der Waals surface area contributed by atoms with Gasteiger partial charge in [0.2, 0.25) is 0 Å². The molecule has 0 aliphatic rings. The molecule has 1 rings (SSSR count). The monoisotopic (exact) mass is 296 g/mol. The van der Waals surface area contributed by atoms with Crippen LogP contribution in [-0.2, 0) is 4.74 Å². The number of hydrogen-bond acceptors (Lipinski definition) is 5. The average Bonchev–Trinajstić information content (AvgIpc) is 2.47. The van der Waals surface area contributed by atoms with Crippen LogP contribution in [0.25, 0.3) is 0 Å². The van der Waals surface area contributed by atoms with E-state index in [4.69, 9.17) is 19.9 Å². The van der Waals surface area contributed by atoms with Crippen molar-refractivity contribution in [3.05, 3.63) is 17.7 Å². The van der Waals surface area contributed by atoms with Gasteiger partial charge in [-0.15, -0.1) is 0 Å². The van der Waals surface area contributed by atoms with Crippen molar-refractivity contribution in [3.8, 4) is 11.5 Å². The third kappa shape index (κ3) is 3.78. The second-order valence-corrected chi connectivity index (χ2v) is 4.69. The molecule has 0 aliphatic carbocycles. The summed E-state index contributed by atoms with van der Waals surface area (Å²) in [5, 5.41) is 0. The fraction of sp³-hybridized carbons (Fsp3) is 0.533. The molecule has 6 nitrogen and oxygen atoms in total. The molecule has 1 amide bonds. The molecule has 2 N–H and O–H groups in total. The molecule has 0 fully saturated rings. The van der Waals surface area contributed by atoms with Crippen LogP contribution in [0.5, 0.6) is 11.5 Å². The van der Waals surface area contributed by atoms with Crippen LogP contribution in [0, 0.1) is 0 Å². The number of carbonyl (C=O) groups excluding carboxylic acids is 1. The van der Waals surface area contributed by atoms with Gasteiger partial charge in [-0.25, -0.2) is 0 Å². The first-order valence-electron chi connectivity index (χ1n) is 6.81. The van der Waals surface area contributed by atoms with Crippen LogP contribution < -0.4 is 15.2 Å². The Bertz CT molecular complexity index is 491. The minimum absolute atomic E-state index is 0.0417. The SMILES string of the molecule is CCN(C(=O)c1cc(OC)c(OC)cc1N)C(C)COC. The Kier molecular flexibility index (Phi) is 6.30. The van der Waals surface area contributed by atoms with Gasteiger partial charge >= 0.3 is 0 Å². The predicted octanol–water partition coefficient (Wildman–Crippen LogP) is 1.78. The number of anilines is 1. The molecule has 0 saturated heterocycles. The summed E-state index contributed by atoms with van der Waals surface area (Å²) in [4.78, 5) is 14.4. The van der Waals surface area contributed by atoms with Crippen LogP contribution in [0.15, 0.2) is 12.1 Å². The van der Waals surface area contributed by atoms with Gasteiger partial charge in [0.1, 0.15) is 0 Å². The van der Waals surface area contributed by atoms with Crippen molar-refractivity contribution in [1.82, 2.24) is 4.90 Å². The van der Waals surface area contributed by atoms with Crippen molar-refractivity contribution in [3.63, 3.8) is 0 Å². The fourth-order valence-electron chi connectivity index (χ4n) is 2.22. The molecule has 0 bridgehead atoms. The number of nitrogen functional groups attached to an aromatic ring is 1. The number of benzene rings is 1.